The fourth-order valence-electron chi connectivity index (χ4n) is 4.65. The van der Waals surface area contributed by atoms with E-state index >= 15 is 0 Å². The Morgan fingerprint density at radius 3 is 1.42 bits per heavy atom. The lowest BCUT2D eigenvalue weighted by Gasteiger charge is -2.23. The molecule has 0 radical (unpaired) electrons. The van der Waals surface area contributed by atoms with Crippen molar-refractivity contribution in [2.45, 2.75) is 22.6 Å². The third-order valence-corrected chi connectivity index (χ3v) is 10.4. The van der Waals surface area contributed by atoms with Crippen molar-refractivity contribution >= 4 is 31.6 Å². The maximum atomic E-state index is 13.5. The first-order valence-corrected chi connectivity index (χ1v) is 14.6. The Hall–Kier alpha value is -2.48. The molecule has 1 aliphatic carbocycles. The molecule has 10 nitrogen and oxygen atoms in total. The van der Waals surface area contributed by atoms with Crippen molar-refractivity contribution in [3.8, 4) is 0 Å². The van der Waals surface area contributed by atoms with Crippen LogP contribution in [0.1, 0.15) is 44.7 Å². The van der Waals surface area contributed by atoms with Crippen LogP contribution < -0.4 is 0 Å². The number of fused-ring (bicyclic) bond motifs is 2. The van der Waals surface area contributed by atoms with Gasteiger partial charge in [0.15, 0.2) is 11.6 Å². The summed E-state index contributed by atoms with van der Waals surface area (Å²) in [5.74, 6) is -1.05. The minimum atomic E-state index is -3.91. The van der Waals surface area contributed by atoms with Crippen molar-refractivity contribution in [1.82, 2.24) is 8.61 Å². The summed E-state index contributed by atoms with van der Waals surface area (Å²) in [5, 5.41) is 0. The van der Waals surface area contributed by atoms with E-state index in [0.717, 1.165) is 0 Å². The maximum absolute atomic E-state index is 13.5. The first kappa shape index (κ1) is 25.2. The van der Waals surface area contributed by atoms with E-state index in [9.17, 15) is 26.4 Å². The molecule has 0 unspecified atom stereocenters. The number of rotatable bonds is 4. The Balaban J connectivity index is 1.52. The van der Waals surface area contributed by atoms with Crippen molar-refractivity contribution in [1.29, 1.82) is 0 Å². The van der Waals surface area contributed by atoms with Crippen LogP contribution >= 0.6 is 0 Å². The normalized spacial score (nSPS) is 20.3. The van der Waals surface area contributed by atoms with Crippen LogP contribution in [0.3, 0.4) is 0 Å². The molecule has 36 heavy (non-hydrogen) atoms. The Morgan fingerprint density at radius 2 is 0.972 bits per heavy atom. The van der Waals surface area contributed by atoms with Gasteiger partial charge in [-0.3, -0.25) is 9.59 Å². The van der Waals surface area contributed by atoms with Gasteiger partial charge in [0.1, 0.15) is 0 Å². The molecule has 0 saturated carbocycles. The second-order valence-corrected chi connectivity index (χ2v) is 12.7. The zero-order chi connectivity index (χ0) is 25.5. The number of hydrogen-bond acceptors (Lipinski definition) is 8. The van der Waals surface area contributed by atoms with Crippen LogP contribution in [0.15, 0.2) is 46.2 Å². The molecule has 0 aromatic heterocycles. The number of carbonyl (C=O) groups excluding carboxylic acids is 2. The summed E-state index contributed by atoms with van der Waals surface area (Å²) >= 11 is 0. The summed E-state index contributed by atoms with van der Waals surface area (Å²) in [6, 6.07) is 7.79. The highest BCUT2D eigenvalue weighted by Crippen LogP contribution is 2.32. The van der Waals surface area contributed by atoms with Crippen LogP contribution in [0.25, 0.3) is 0 Å². The van der Waals surface area contributed by atoms with Gasteiger partial charge in [-0.25, -0.2) is 16.8 Å². The minimum Gasteiger partial charge on any atom is -0.380 e. The molecule has 0 N–H and O–H groups in total. The van der Waals surface area contributed by atoms with Crippen LogP contribution in [0.5, 0.6) is 0 Å². The molecular weight excluding hydrogens is 508 g/mol. The number of benzene rings is 2. The Kier molecular flexibility index (Phi) is 6.83. The molecule has 3 aliphatic rings. The molecule has 2 aromatic carbocycles. The highest BCUT2D eigenvalue weighted by Gasteiger charge is 2.35. The smallest absolute Gasteiger partial charge is 0.243 e. The molecule has 2 aromatic rings. The standard InChI is InChI=1S/C24H26N2O8S2/c27-23-19-5-3-17(35(29,30)25-7-1-11-33-13-9-25)15-21(19)24(28)22-16-18(4-6-20(22)23)36(31,32)26-8-2-12-34-14-10-26/h3-6,15-16H,1-2,7-14H2. The SMILES string of the molecule is O=C1c2ccc(S(=O)(=O)N3CCCOCC3)cc2C(=O)c2cc(S(=O)(=O)N3CCCOCC3)ccc21. The van der Waals surface area contributed by atoms with Gasteiger partial charge in [-0.05, 0) is 49.2 Å². The summed E-state index contributed by atoms with van der Waals surface area (Å²) in [4.78, 5) is 26.4. The Bertz CT molecular complexity index is 1310. The number of carbonyl (C=O) groups is 2. The van der Waals surface area contributed by atoms with E-state index in [0.29, 0.717) is 26.1 Å². The Morgan fingerprint density at radius 1 is 0.556 bits per heavy atom. The lowest BCUT2D eigenvalue weighted by molar-refractivity contribution is 0.0978. The van der Waals surface area contributed by atoms with E-state index in [-0.39, 0.29) is 71.4 Å². The molecule has 192 valence electrons. The highest BCUT2D eigenvalue weighted by molar-refractivity contribution is 7.89. The topological polar surface area (TPSA) is 127 Å². The van der Waals surface area contributed by atoms with E-state index < -0.39 is 31.6 Å². The molecule has 2 fully saturated rings. The zero-order valence-electron chi connectivity index (χ0n) is 19.5. The number of hydrogen-bond donors (Lipinski definition) is 0. The fourth-order valence-corrected chi connectivity index (χ4v) is 7.63. The minimum absolute atomic E-state index is 0.0580. The predicted molar refractivity (Wildman–Crippen MR) is 128 cm³/mol. The maximum Gasteiger partial charge on any atom is 0.243 e. The largest absolute Gasteiger partial charge is 0.380 e. The van der Waals surface area contributed by atoms with Gasteiger partial charge in [0.2, 0.25) is 20.0 Å². The van der Waals surface area contributed by atoms with Gasteiger partial charge < -0.3 is 9.47 Å². The van der Waals surface area contributed by atoms with Crippen molar-refractivity contribution in [2.75, 3.05) is 52.6 Å². The quantitative estimate of drug-likeness (QED) is 0.490. The summed E-state index contributed by atoms with van der Waals surface area (Å²) < 4.78 is 66.2. The molecule has 0 atom stereocenters. The molecule has 2 saturated heterocycles. The van der Waals surface area contributed by atoms with Gasteiger partial charge in [-0.15, -0.1) is 0 Å². The molecule has 0 spiro atoms. The van der Waals surface area contributed by atoms with Crippen molar-refractivity contribution in [3.05, 3.63) is 58.7 Å². The number of ether oxygens (including phenoxy) is 2. The summed E-state index contributed by atoms with van der Waals surface area (Å²) in [5.41, 5.74) is 0.0617. The van der Waals surface area contributed by atoms with Gasteiger partial charge in [0.05, 0.1) is 23.0 Å². The molecule has 2 heterocycles. The van der Waals surface area contributed by atoms with Crippen LogP contribution in [0.4, 0.5) is 0 Å². The van der Waals surface area contributed by atoms with Crippen LogP contribution in [0, 0.1) is 0 Å². The fraction of sp³-hybridized carbons (Fsp3) is 0.417. The number of nitrogens with zero attached hydrogens (tertiary/aromatic N) is 2. The zero-order valence-corrected chi connectivity index (χ0v) is 21.1. The molecule has 2 aliphatic heterocycles. The van der Waals surface area contributed by atoms with Gasteiger partial charge in [-0.2, -0.15) is 8.61 Å². The van der Waals surface area contributed by atoms with E-state index in [2.05, 4.69) is 0 Å². The van der Waals surface area contributed by atoms with E-state index in [1.807, 2.05) is 0 Å². The van der Waals surface area contributed by atoms with Crippen molar-refractivity contribution < 1.29 is 35.9 Å². The van der Waals surface area contributed by atoms with E-state index in [1.54, 1.807) is 0 Å². The monoisotopic (exact) mass is 534 g/mol. The molecular formula is C24H26N2O8S2. The number of ketones is 2. The summed E-state index contributed by atoms with van der Waals surface area (Å²) in [6.45, 7) is 2.45. The summed E-state index contributed by atoms with van der Waals surface area (Å²) in [6.07, 6.45) is 1.10. The average Bonchev–Trinajstić information content (AvgIpc) is 3.33. The van der Waals surface area contributed by atoms with Crippen molar-refractivity contribution in [3.63, 3.8) is 0 Å². The third kappa shape index (κ3) is 4.42. The molecule has 0 bridgehead atoms. The lowest BCUT2D eigenvalue weighted by atomic mass is 9.84. The Labute approximate surface area is 209 Å². The molecule has 12 heteroatoms. The van der Waals surface area contributed by atoms with Crippen LogP contribution in [-0.2, 0) is 29.5 Å². The van der Waals surface area contributed by atoms with E-state index in [1.165, 1.54) is 45.0 Å². The van der Waals surface area contributed by atoms with Crippen molar-refractivity contribution in [2.24, 2.45) is 0 Å². The molecule has 0 amide bonds. The summed E-state index contributed by atoms with van der Waals surface area (Å²) in [7, 11) is -7.82. The van der Waals surface area contributed by atoms with Gasteiger partial charge >= 0.3 is 0 Å². The van der Waals surface area contributed by atoms with Crippen LogP contribution in [0.2, 0.25) is 0 Å². The average molecular weight is 535 g/mol. The van der Waals surface area contributed by atoms with Crippen LogP contribution in [-0.4, -0.2) is 89.6 Å². The number of sulfonamides is 2. The predicted octanol–water partition coefficient (Wildman–Crippen LogP) is 1.28. The molecule has 5 rings (SSSR count). The second-order valence-electron chi connectivity index (χ2n) is 8.81. The highest BCUT2D eigenvalue weighted by atomic mass is 32.2. The first-order valence-electron chi connectivity index (χ1n) is 11.7. The van der Waals surface area contributed by atoms with Gasteiger partial charge in [0, 0.05) is 61.6 Å². The lowest BCUT2D eigenvalue weighted by Crippen LogP contribution is -2.34. The van der Waals surface area contributed by atoms with Gasteiger partial charge in [0.25, 0.3) is 0 Å². The third-order valence-electron chi connectivity index (χ3n) is 6.60. The van der Waals surface area contributed by atoms with E-state index in [4.69, 9.17) is 9.47 Å². The van der Waals surface area contributed by atoms with Gasteiger partial charge in [-0.1, -0.05) is 0 Å². The first-order chi connectivity index (χ1) is 17.2. The second kappa shape index (κ2) is 9.77.